The van der Waals surface area contributed by atoms with Crippen molar-refractivity contribution in [3.8, 4) is 0 Å². The molecule has 0 aliphatic rings. The van der Waals surface area contributed by atoms with Gasteiger partial charge in [-0.1, -0.05) is 13.8 Å². The molecule has 3 nitrogen and oxygen atoms in total. The Bertz CT molecular complexity index is 133. The van der Waals surface area contributed by atoms with E-state index in [1.165, 1.54) is 0 Å². The van der Waals surface area contributed by atoms with Gasteiger partial charge in [0.05, 0.1) is 0 Å². The van der Waals surface area contributed by atoms with Crippen molar-refractivity contribution in [2.75, 3.05) is 0 Å². The van der Waals surface area contributed by atoms with Crippen molar-refractivity contribution < 1.29 is 9.58 Å². The van der Waals surface area contributed by atoms with Gasteiger partial charge in [0.1, 0.15) is 0 Å². The summed E-state index contributed by atoms with van der Waals surface area (Å²) in [5.41, 5.74) is 7.83. The average molecular weight is 112 g/mol. The van der Waals surface area contributed by atoms with Crippen LogP contribution in [0.3, 0.4) is 0 Å². The van der Waals surface area contributed by atoms with Crippen molar-refractivity contribution in [1.82, 2.24) is 0 Å². The second-order valence-electron chi connectivity index (χ2n) is 1.80. The summed E-state index contributed by atoms with van der Waals surface area (Å²) in [4.78, 5) is 13.0. The topological polar surface area (TPSA) is 53.5 Å². The number of nitrogens with zero attached hydrogens (tertiary/aromatic N) is 2. The summed E-state index contributed by atoms with van der Waals surface area (Å²) in [7, 11) is 0. The summed E-state index contributed by atoms with van der Waals surface area (Å²) in [6.45, 7) is 3.48. The molecule has 0 unspecified atom stereocenters. The normalized spacial score (nSPS) is 8.38. The predicted octanol–water partition coefficient (Wildman–Crippen LogP) is 0.512. The molecular weight excluding hydrogens is 104 g/mol. The fraction of sp³-hybridized carbons (Fsp3) is 0.600. The summed E-state index contributed by atoms with van der Waals surface area (Å²) in [5.74, 6) is -0.238. The molecule has 0 fully saturated rings. The maximum atomic E-state index is 10.4. The summed E-state index contributed by atoms with van der Waals surface area (Å²) >= 11 is 0. The fourth-order valence-corrected chi connectivity index (χ4v) is 0.206. The first-order valence-corrected chi connectivity index (χ1v) is 2.39. The van der Waals surface area contributed by atoms with Crippen molar-refractivity contribution in [3.05, 3.63) is 5.53 Å². The number of carbonyl (C=O) groups excluding carboxylic acids is 1. The van der Waals surface area contributed by atoms with Gasteiger partial charge in [-0.3, -0.25) is 4.79 Å². The molecule has 8 heavy (non-hydrogen) atoms. The van der Waals surface area contributed by atoms with Gasteiger partial charge in [-0.25, -0.2) is 0 Å². The van der Waals surface area contributed by atoms with E-state index in [2.05, 4.69) is 4.79 Å². The predicted molar refractivity (Wildman–Crippen MR) is 29.5 cm³/mol. The van der Waals surface area contributed by atoms with Crippen LogP contribution in [0.5, 0.6) is 0 Å². The molecule has 0 heterocycles. The van der Waals surface area contributed by atoms with E-state index >= 15 is 0 Å². The van der Waals surface area contributed by atoms with E-state index in [0.717, 1.165) is 6.21 Å². The Balaban J connectivity index is 3.84. The molecule has 0 atom stereocenters. The molecule has 0 spiro atoms. The standard InChI is InChI=1S/C5H8N2O/c1-4(2)5(8)3-7-6/h3-4H,1-2H3. The number of hydrogen-bond donors (Lipinski definition) is 0. The monoisotopic (exact) mass is 112 g/mol. The minimum Gasteiger partial charge on any atom is -0.361 e. The van der Waals surface area contributed by atoms with Crippen molar-refractivity contribution in [1.29, 1.82) is 0 Å². The van der Waals surface area contributed by atoms with E-state index in [-0.39, 0.29) is 11.7 Å². The molecule has 0 aromatic carbocycles. The maximum Gasteiger partial charge on any atom is 0.323 e. The van der Waals surface area contributed by atoms with Crippen LogP contribution in [0.2, 0.25) is 0 Å². The Hall–Kier alpha value is -0.950. The number of rotatable bonds is 2. The van der Waals surface area contributed by atoms with Gasteiger partial charge in [0, 0.05) is 5.92 Å². The first-order valence-electron chi connectivity index (χ1n) is 2.39. The lowest BCUT2D eigenvalue weighted by atomic mass is 10.1. The highest BCUT2D eigenvalue weighted by atomic mass is 16.1. The average Bonchev–Trinajstić information content (AvgIpc) is 1.67. The van der Waals surface area contributed by atoms with Crippen LogP contribution in [-0.4, -0.2) is 16.8 Å². The van der Waals surface area contributed by atoms with Crippen molar-refractivity contribution in [2.24, 2.45) is 5.92 Å². The molecule has 0 aliphatic carbocycles. The molecule has 0 N–H and O–H groups in total. The van der Waals surface area contributed by atoms with Gasteiger partial charge in [-0.05, 0) is 0 Å². The van der Waals surface area contributed by atoms with Crippen LogP contribution >= 0.6 is 0 Å². The molecule has 0 aromatic rings. The minimum atomic E-state index is -0.160. The smallest absolute Gasteiger partial charge is 0.323 e. The number of ketones is 1. The Morgan fingerprint density at radius 1 is 1.75 bits per heavy atom. The Kier molecular flexibility index (Phi) is 2.74. The SMILES string of the molecule is CC(C)C(=O)C=[N+]=[N-]. The summed E-state index contributed by atoms with van der Waals surface area (Å²) < 4.78 is 0. The van der Waals surface area contributed by atoms with Crippen LogP contribution in [-0.2, 0) is 4.79 Å². The first-order chi connectivity index (χ1) is 3.68. The van der Waals surface area contributed by atoms with E-state index in [9.17, 15) is 4.79 Å². The number of hydrogen-bond acceptors (Lipinski definition) is 1. The molecule has 0 amide bonds. The van der Waals surface area contributed by atoms with E-state index in [1.54, 1.807) is 13.8 Å². The Morgan fingerprint density at radius 2 is 2.25 bits per heavy atom. The zero-order valence-electron chi connectivity index (χ0n) is 4.96. The molecule has 44 valence electrons. The third kappa shape index (κ3) is 2.26. The van der Waals surface area contributed by atoms with Gasteiger partial charge < -0.3 is 5.53 Å². The zero-order valence-corrected chi connectivity index (χ0v) is 4.96. The van der Waals surface area contributed by atoms with E-state index < -0.39 is 0 Å². The number of carbonyl (C=O) groups is 1. The highest BCUT2D eigenvalue weighted by Crippen LogP contribution is 1.88. The lowest BCUT2D eigenvalue weighted by Gasteiger charge is -1.87. The molecule has 0 saturated carbocycles. The molecule has 0 rings (SSSR count). The van der Waals surface area contributed by atoms with Gasteiger partial charge in [0.15, 0.2) is 0 Å². The molecular formula is C5H8N2O. The fourth-order valence-electron chi connectivity index (χ4n) is 0.206. The maximum absolute atomic E-state index is 10.4. The lowest BCUT2D eigenvalue weighted by Crippen LogP contribution is -2.07. The highest BCUT2D eigenvalue weighted by Gasteiger charge is 2.06. The molecule has 0 radical (unpaired) electrons. The summed E-state index contributed by atoms with van der Waals surface area (Å²) in [6.07, 6.45) is 0.907. The minimum absolute atomic E-state index is 0.0779. The second kappa shape index (κ2) is 3.10. The van der Waals surface area contributed by atoms with Crippen LogP contribution in [0.25, 0.3) is 5.53 Å². The lowest BCUT2D eigenvalue weighted by molar-refractivity contribution is -0.118. The van der Waals surface area contributed by atoms with Gasteiger partial charge in [-0.2, -0.15) is 4.79 Å². The third-order valence-corrected chi connectivity index (χ3v) is 0.754. The van der Waals surface area contributed by atoms with Crippen LogP contribution in [0, 0.1) is 5.92 Å². The van der Waals surface area contributed by atoms with Crippen molar-refractivity contribution >= 4 is 12.0 Å². The van der Waals surface area contributed by atoms with E-state index in [1.807, 2.05) is 0 Å². The molecule has 0 aromatic heterocycles. The second-order valence-corrected chi connectivity index (χ2v) is 1.80. The molecule has 3 heteroatoms. The highest BCUT2D eigenvalue weighted by molar-refractivity contribution is 6.25. The quantitative estimate of drug-likeness (QED) is 0.292. The largest absolute Gasteiger partial charge is 0.361 e. The van der Waals surface area contributed by atoms with Crippen LogP contribution < -0.4 is 0 Å². The van der Waals surface area contributed by atoms with Gasteiger partial charge in [0.25, 0.3) is 0 Å². The molecule has 0 saturated heterocycles. The first kappa shape index (κ1) is 7.05. The third-order valence-electron chi connectivity index (χ3n) is 0.754. The molecule has 0 aliphatic heterocycles. The van der Waals surface area contributed by atoms with E-state index in [4.69, 9.17) is 5.53 Å². The Morgan fingerprint density at radius 3 is 2.38 bits per heavy atom. The summed E-state index contributed by atoms with van der Waals surface area (Å²) in [5, 5.41) is 0. The number of Topliss-reactive ketones (excluding diaryl/α,β-unsaturated/α-hetero) is 1. The van der Waals surface area contributed by atoms with Gasteiger partial charge in [0.2, 0.25) is 5.78 Å². The van der Waals surface area contributed by atoms with Crippen LogP contribution in [0.15, 0.2) is 0 Å². The van der Waals surface area contributed by atoms with Gasteiger partial charge in [-0.15, -0.1) is 0 Å². The Labute approximate surface area is 47.9 Å². The summed E-state index contributed by atoms with van der Waals surface area (Å²) in [6, 6.07) is 0. The van der Waals surface area contributed by atoms with Crippen LogP contribution in [0.4, 0.5) is 0 Å². The molecule has 0 bridgehead atoms. The van der Waals surface area contributed by atoms with Crippen molar-refractivity contribution in [2.45, 2.75) is 13.8 Å². The zero-order chi connectivity index (χ0) is 6.57. The van der Waals surface area contributed by atoms with Crippen LogP contribution in [0.1, 0.15) is 13.8 Å². The van der Waals surface area contributed by atoms with E-state index in [0.29, 0.717) is 0 Å². The van der Waals surface area contributed by atoms with Gasteiger partial charge >= 0.3 is 6.21 Å². The van der Waals surface area contributed by atoms with Crippen molar-refractivity contribution in [3.63, 3.8) is 0 Å².